The molecule has 0 aromatic carbocycles. The summed E-state index contributed by atoms with van der Waals surface area (Å²) in [5, 5.41) is 17.9. The predicted octanol–water partition coefficient (Wildman–Crippen LogP) is 1.75. The minimum Gasteiger partial charge on any atom is -0.395 e. The molecule has 8 nitrogen and oxygen atoms in total. The highest BCUT2D eigenvalue weighted by Crippen LogP contribution is 2.41. The molecule has 3 N–H and O–H groups in total. The van der Waals surface area contributed by atoms with E-state index in [-0.39, 0.29) is 23.4 Å². The van der Waals surface area contributed by atoms with Gasteiger partial charge >= 0.3 is 0 Å². The average molecular weight is 433 g/mol. The molecule has 0 bridgehead atoms. The van der Waals surface area contributed by atoms with E-state index in [2.05, 4.69) is 15.8 Å². The highest BCUT2D eigenvalue weighted by Gasteiger charge is 2.51. The number of rotatable bonds is 4. The van der Waals surface area contributed by atoms with Crippen molar-refractivity contribution in [2.75, 3.05) is 18.9 Å². The van der Waals surface area contributed by atoms with Crippen LogP contribution in [0.2, 0.25) is 5.02 Å². The van der Waals surface area contributed by atoms with Gasteiger partial charge in [-0.05, 0) is 26.8 Å². The van der Waals surface area contributed by atoms with Crippen LogP contribution in [0.15, 0.2) is 11.2 Å². The minimum absolute atomic E-state index is 0.0224. The lowest BCUT2D eigenvalue weighted by Crippen LogP contribution is -2.63. The Balaban J connectivity index is 1.82. The maximum absolute atomic E-state index is 12.7. The van der Waals surface area contributed by atoms with Gasteiger partial charge in [0.25, 0.3) is 5.91 Å². The molecule has 1 unspecified atom stereocenters. The second-order valence-electron chi connectivity index (χ2n) is 7.41. The second kappa shape index (κ2) is 6.75. The molecule has 2 aliphatic heterocycles. The lowest BCUT2D eigenvalue weighted by molar-refractivity contribution is 0.0947. The number of hydrogen-bond donors (Lipinski definition) is 3. The van der Waals surface area contributed by atoms with Crippen molar-refractivity contribution < 1.29 is 18.0 Å². The molecule has 3 heterocycles. The van der Waals surface area contributed by atoms with Crippen molar-refractivity contribution in [3.05, 3.63) is 20.8 Å². The summed E-state index contributed by atoms with van der Waals surface area (Å²) in [7, 11) is -3.58. The zero-order chi connectivity index (χ0) is 20.0. The molecule has 0 saturated carbocycles. The van der Waals surface area contributed by atoms with Gasteiger partial charge < -0.3 is 15.5 Å². The van der Waals surface area contributed by atoms with Crippen molar-refractivity contribution in [3.63, 3.8) is 0 Å². The van der Waals surface area contributed by atoms with Gasteiger partial charge in [-0.1, -0.05) is 16.8 Å². The molecule has 1 fully saturated rings. The van der Waals surface area contributed by atoms with Gasteiger partial charge in [-0.25, -0.2) is 8.42 Å². The predicted molar refractivity (Wildman–Crippen MR) is 106 cm³/mol. The average Bonchev–Trinajstić information content (AvgIpc) is 3.20. The molecule has 11 heteroatoms. The fraction of sp³-hybridized carbons (Fsp3) is 0.562. The Morgan fingerprint density at radius 1 is 1.52 bits per heavy atom. The summed E-state index contributed by atoms with van der Waals surface area (Å²) < 4.78 is 24.1. The molecule has 1 amide bonds. The van der Waals surface area contributed by atoms with E-state index < -0.39 is 20.1 Å². The number of thiophene rings is 1. The number of nitrogens with zero attached hydrogens (tertiary/aromatic N) is 1. The number of amidine groups is 1. The van der Waals surface area contributed by atoms with Crippen LogP contribution >= 0.6 is 22.9 Å². The van der Waals surface area contributed by atoms with Gasteiger partial charge in [0.15, 0.2) is 9.84 Å². The van der Waals surface area contributed by atoms with Crippen molar-refractivity contribution >= 4 is 50.7 Å². The van der Waals surface area contributed by atoms with Crippen LogP contribution in [-0.2, 0) is 20.2 Å². The van der Waals surface area contributed by atoms with Crippen molar-refractivity contribution in [2.45, 2.75) is 31.1 Å². The first-order chi connectivity index (χ1) is 12.5. The number of sulfone groups is 1. The fourth-order valence-electron chi connectivity index (χ4n) is 2.89. The normalized spacial score (nSPS) is 28.4. The fourth-order valence-corrected chi connectivity index (χ4v) is 6.25. The topological polar surface area (TPSA) is 121 Å². The monoisotopic (exact) mass is 432 g/mol. The highest BCUT2D eigenvalue weighted by atomic mass is 35.5. The van der Waals surface area contributed by atoms with Gasteiger partial charge in [0.05, 0.1) is 38.2 Å². The molecule has 1 aromatic rings. The van der Waals surface area contributed by atoms with Crippen LogP contribution in [-0.4, -0.2) is 50.0 Å². The number of carbonyl (C=O) groups is 1. The summed E-state index contributed by atoms with van der Waals surface area (Å²) >= 11 is 7.46. The van der Waals surface area contributed by atoms with Gasteiger partial charge in [0.2, 0.25) is 0 Å². The Morgan fingerprint density at radius 3 is 2.81 bits per heavy atom. The first-order valence-corrected chi connectivity index (χ1v) is 11.1. The number of halogens is 1. The largest absolute Gasteiger partial charge is 0.395 e. The van der Waals surface area contributed by atoms with Crippen molar-refractivity contribution in [3.8, 4) is 0 Å². The summed E-state index contributed by atoms with van der Waals surface area (Å²) in [5.74, 6) is -0.584. The third-order valence-corrected chi connectivity index (χ3v) is 9.35. The number of oxime groups is 1. The Kier molecular flexibility index (Phi) is 5.02. The Labute approximate surface area is 166 Å². The molecule has 0 aliphatic carbocycles. The van der Waals surface area contributed by atoms with Gasteiger partial charge in [-0.2, -0.15) is 0 Å². The lowest BCUT2D eigenvalue weighted by Gasteiger charge is -2.42. The van der Waals surface area contributed by atoms with Gasteiger partial charge in [-0.15, -0.1) is 11.3 Å². The van der Waals surface area contributed by atoms with Gasteiger partial charge in [0.1, 0.15) is 17.2 Å². The van der Waals surface area contributed by atoms with E-state index in [1.54, 1.807) is 13.1 Å². The summed E-state index contributed by atoms with van der Waals surface area (Å²) in [5.41, 5.74) is -1.07. The molecule has 0 radical (unpaired) electrons. The van der Waals surface area contributed by atoms with Crippen molar-refractivity contribution in [1.82, 2.24) is 10.6 Å². The Hall–Kier alpha value is -1.65. The number of hydrogen-bond acceptors (Lipinski definition) is 7. The second-order valence-corrected chi connectivity index (χ2v) is 11.4. The summed E-state index contributed by atoms with van der Waals surface area (Å²) in [6.07, 6.45) is 1.64. The van der Waals surface area contributed by atoms with Crippen LogP contribution in [0.3, 0.4) is 0 Å². The summed E-state index contributed by atoms with van der Waals surface area (Å²) in [6, 6.07) is 1.53. The zero-order valence-electron chi connectivity index (χ0n) is 15.1. The van der Waals surface area contributed by atoms with Crippen LogP contribution in [0.4, 0.5) is 0 Å². The maximum atomic E-state index is 12.7. The standard InChI is InChI=1S/C16H21ClN4O4S2/c1-15(2)14(18)21-16(3,8-27(15,23)24)12-10(17)4-11(26-12)13(22)19-5-9-6-20-25-7-9/h4,6,9H,5,7-8H2,1-3H3,(H2,18,21)(H,19,22)/t9?,16-/m0/s1. The minimum atomic E-state index is -3.58. The molecule has 3 rings (SSSR count). The molecule has 27 heavy (non-hydrogen) atoms. The third-order valence-electron chi connectivity index (χ3n) is 4.83. The molecule has 2 atom stereocenters. The van der Waals surface area contributed by atoms with E-state index in [1.807, 2.05) is 0 Å². The van der Waals surface area contributed by atoms with Gasteiger partial charge in [0, 0.05) is 6.54 Å². The molecule has 1 saturated heterocycles. The van der Waals surface area contributed by atoms with E-state index in [0.717, 1.165) is 11.3 Å². The molecular weight excluding hydrogens is 412 g/mol. The van der Waals surface area contributed by atoms with E-state index in [1.165, 1.54) is 19.9 Å². The van der Waals surface area contributed by atoms with Crippen LogP contribution in [0.1, 0.15) is 35.3 Å². The third kappa shape index (κ3) is 3.57. The van der Waals surface area contributed by atoms with Crippen molar-refractivity contribution in [2.24, 2.45) is 11.1 Å². The van der Waals surface area contributed by atoms with E-state index in [9.17, 15) is 13.2 Å². The van der Waals surface area contributed by atoms with Gasteiger partial charge in [-0.3, -0.25) is 10.2 Å². The first kappa shape index (κ1) is 20.1. The highest BCUT2D eigenvalue weighted by molar-refractivity contribution is 7.93. The first-order valence-electron chi connectivity index (χ1n) is 8.29. The number of nitrogens with one attached hydrogen (secondary N) is 3. The summed E-state index contributed by atoms with van der Waals surface area (Å²) in [6.45, 7) is 5.49. The Bertz CT molecular complexity index is 925. The van der Waals surface area contributed by atoms with Crippen LogP contribution in [0, 0.1) is 11.3 Å². The van der Waals surface area contributed by atoms with E-state index in [4.69, 9.17) is 21.8 Å². The number of amides is 1. The Morgan fingerprint density at radius 2 is 2.22 bits per heavy atom. The maximum Gasteiger partial charge on any atom is 0.261 e. The van der Waals surface area contributed by atoms with Crippen LogP contribution < -0.4 is 10.6 Å². The molecule has 0 spiro atoms. The van der Waals surface area contributed by atoms with Crippen LogP contribution in [0.5, 0.6) is 0 Å². The smallest absolute Gasteiger partial charge is 0.261 e. The molecule has 1 aromatic heterocycles. The SMILES string of the molecule is CC1(C)C(=N)N[C@](C)(c2sc(C(=O)NCC3C=NOC3)cc2Cl)CS1(=O)=O. The molecule has 2 aliphatic rings. The number of carbonyl (C=O) groups excluding carboxylic acids is 1. The van der Waals surface area contributed by atoms with E-state index in [0.29, 0.717) is 27.9 Å². The quantitative estimate of drug-likeness (QED) is 0.669. The zero-order valence-corrected chi connectivity index (χ0v) is 17.5. The molecule has 148 valence electrons. The van der Waals surface area contributed by atoms with Crippen LogP contribution in [0.25, 0.3) is 0 Å². The van der Waals surface area contributed by atoms with E-state index >= 15 is 0 Å². The van der Waals surface area contributed by atoms with Crippen molar-refractivity contribution in [1.29, 1.82) is 5.41 Å². The molecular formula is C16H21ClN4O4S2. The lowest BCUT2D eigenvalue weighted by atomic mass is 10.00. The summed E-state index contributed by atoms with van der Waals surface area (Å²) in [4.78, 5) is 18.2.